The Morgan fingerprint density at radius 1 is 1.16 bits per heavy atom. The van der Waals surface area contributed by atoms with Gasteiger partial charge in [-0.15, -0.1) is 0 Å². The van der Waals surface area contributed by atoms with Crippen LogP contribution >= 0.6 is 0 Å². The van der Waals surface area contributed by atoms with Crippen LogP contribution in [0.1, 0.15) is 46.7 Å². The molecule has 1 atom stereocenters. The monoisotopic (exact) mass is 345 g/mol. The van der Waals surface area contributed by atoms with Gasteiger partial charge in [0, 0.05) is 18.2 Å². The SMILES string of the molecule is CC[C@@H](C)NC(=O)c1ccc(CNC(=O)c2ccc([N+](=O)[O-])o2)cc1. The number of furan rings is 1. The minimum atomic E-state index is -0.708. The highest BCUT2D eigenvalue weighted by Crippen LogP contribution is 2.15. The first-order valence-electron chi connectivity index (χ1n) is 7.83. The molecule has 8 heteroatoms. The van der Waals surface area contributed by atoms with Gasteiger partial charge in [-0.2, -0.15) is 0 Å². The van der Waals surface area contributed by atoms with Crippen LogP contribution in [-0.4, -0.2) is 22.8 Å². The van der Waals surface area contributed by atoms with Gasteiger partial charge in [-0.05, 0) is 37.1 Å². The molecule has 2 N–H and O–H groups in total. The number of amides is 2. The summed E-state index contributed by atoms with van der Waals surface area (Å²) in [4.78, 5) is 33.7. The van der Waals surface area contributed by atoms with Gasteiger partial charge in [0.1, 0.15) is 4.92 Å². The molecule has 8 nitrogen and oxygen atoms in total. The van der Waals surface area contributed by atoms with Crippen LogP contribution in [0.15, 0.2) is 40.8 Å². The summed E-state index contributed by atoms with van der Waals surface area (Å²) in [5, 5.41) is 16.0. The Morgan fingerprint density at radius 3 is 2.40 bits per heavy atom. The van der Waals surface area contributed by atoms with Gasteiger partial charge in [0.15, 0.2) is 5.76 Å². The number of carbonyl (C=O) groups excluding carboxylic acids is 2. The highest BCUT2D eigenvalue weighted by molar-refractivity contribution is 5.94. The van der Waals surface area contributed by atoms with Crippen LogP contribution in [0, 0.1) is 10.1 Å². The number of nitro groups is 1. The van der Waals surface area contributed by atoms with E-state index in [2.05, 4.69) is 10.6 Å². The molecule has 1 heterocycles. The normalized spacial score (nSPS) is 11.6. The fraction of sp³-hybridized carbons (Fsp3) is 0.294. The zero-order valence-corrected chi connectivity index (χ0v) is 13.9. The Hall–Kier alpha value is -3.16. The summed E-state index contributed by atoms with van der Waals surface area (Å²) < 4.78 is 4.83. The number of nitrogens with one attached hydrogen (secondary N) is 2. The predicted molar refractivity (Wildman–Crippen MR) is 90.2 cm³/mol. The van der Waals surface area contributed by atoms with Gasteiger partial charge in [-0.25, -0.2) is 0 Å². The molecule has 2 amide bonds. The lowest BCUT2D eigenvalue weighted by molar-refractivity contribution is -0.402. The fourth-order valence-electron chi connectivity index (χ4n) is 2.00. The lowest BCUT2D eigenvalue weighted by Crippen LogP contribution is -2.31. The number of carbonyl (C=O) groups is 2. The number of hydrogen-bond acceptors (Lipinski definition) is 5. The summed E-state index contributed by atoms with van der Waals surface area (Å²) in [5.74, 6) is -1.31. The second-order valence-electron chi connectivity index (χ2n) is 5.56. The molecule has 2 aromatic rings. The maximum absolute atomic E-state index is 12.0. The number of benzene rings is 1. The molecule has 132 valence electrons. The molecule has 2 rings (SSSR count). The van der Waals surface area contributed by atoms with Crippen molar-refractivity contribution in [2.24, 2.45) is 0 Å². The van der Waals surface area contributed by atoms with E-state index in [1.54, 1.807) is 24.3 Å². The molecule has 0 aliphatic rings. The van der Waals surface area contributed by atoms with E-state index in [1.807, 2.05) is 13.8 Å². The summed E-state index contributed by atoms with van der Waals surface area (Å²) in [6, 6.07) is 9.29. The van der Waals surface area contributed by atoms with E-state index in [9.17, 15) is 19.7 Å². The number of rotatable bonds is 7. The van der Waals surface area contributed by atoms with Gasteiger partial charge in [0.25, 0.3) is 11.8 Å². The third-order valence-corrected chi connectivity index (χ3v) is 3.65. The molecule has 0 saturated carbocycles. The highest BCUT2D eigenvalue weighted by Gasteiger charge is 2.17. The van der Waals surface area contributed by atoms with E-state index in [0.29, 0.717) is 5.56 Å². The average molecular weight is 345 g/mol. The maximum atomic E-state index is 12.0. The minimum absolute atomic E-state index is 0.101. The van der Waals surface area contributed by atoms with Crippen molar-refractivity contribution < 1.29 is 18.9 Å². The van der Waals surface area contributed by atoms with Gasteiger partial charge >= 0.3 is 5.88 Å². The molecule has 0 aliphatic heterocycles. The Balaban J connectivity index is 1.91. The molecule has 0 saturated heterocycles. The van der Waals surface area contributed by atoms with Crippen LogP contribution in [0.25, 0.3) is 0 Å². The molecule has 25 heavy (non-hydrogen) atoms. The summed E-state index contributed by atoms with van der Waals surface area (Å²) in [7, 11) is 0. The van der Waals surface area contributed by atoms with Crippen LogP contribution in [0.2, 0.25) is 0 Å². The van der Waals surface area contributed by atoms with Crippen LogP contribution < -0.4 is 10.6 Å². The van der Waals surface area contributed by atoms with Crippen LogP contribution in [0.5, 0.6) is 0 Å². The van der Waals surface area contributed by atoms with E-state index < -0.39 is 16.7 Å². The van der Waals surface area contributed by atoms with Crippen molar-refractivity contribution >= 4 is 17.7 Å². The summed E-state index contributed by atoms with van der Waals surface area (Å²) in [6.07, 6.45) is 0.848. The van der Waals surface area contributed by atoms with Crippen LogP contribution in [0.3, 0.4) is 0 Å². The lowest BCUT2D eigenvalue weighted by Gasteiger charge is -2.11. The molecular formula is C17H19N3O5. The summed E-state index contributed by atoms with van der Waals surface area (Å²) in [5.41, 5.74) is 1.33. The third-order valence-electron chi connectivity index (χ3n) is 3.65. The first-order chi connectivity index (χ1) is 11.9. The van der Waals surface area contributed by atoms with Gasteiger partial charge in [0.2, 0.25) is 0 Å². The van der Waals surface area contributed by atoms with Crippen LogP contribution in [-0.2, 0) is 6.54 Å². The Bertz CT molecular complexity index is 767. The molecular weight excluding hydrogens is 326 g/mol. The quantitative estimate of drug-likeness (QED) is 0.591. The first kappa shape index (κ1) is 18.2. The van der Waals surface area contributed by atoms with Crippen molar-refractivity contribution in [1.82, 2.24) is 10.6 Å². The smallest absolute Gasteiger partial charge is 0.395 e. The molecule has 1 aromatic carbocycles. The van der Waals surface area contributed by atoms with Crippen molar-refractivity contribution in [2.45, 2.75) is 32.9 Å². The predicted octanol–water partition coefficient (Wildman–Crippen LogP) is 2.65. The second kappa shape index (κ2) is 8.09. The van der Waals surface area contributed by atoms with E-state index in [4.69, 9.17) is 4.42 Å². The van der Waals surface area contributed by atoms with Gasteiger partial charge in [-0.3, -0.25) is 19.7 Å². The van der Waals surface area contributed by atoms with Crippen molar-refractivity contribution in [1.29, 1.82) is 0 Å². The van der Waals surface area contributed by atoms with Gasteiger partial charge in [0.05, 0.1) is 6.07 Å². The molecule has 0 aliphatic carbocycles. The Labute approximate surface area is 144 Å². The maximum Gasteiger partial charge on any atom is 0.433 e. The summed E-state index contributed by atoms with van der Waals surface area (Å²) in [6.45, 7) is 4.13. The molecule has 0 radical (unpaired) electrons. The topological polar surface area (TPSA) is 114 Å². The minimum Gasteiger partial charge on any atom is -0.395 e. The van der Waals surface area contributed by atoms with Crippen molar-refractivity contribution in [3.8, 4) is 0 Å². The van der Waals surface area contributed by atoms with Crippen molar-refractivity contribution in [3.05, 3.63) is 63.4 Å². The molecule has 0 bridgehead atoms. The largest absolute Gasteiger partial charge is 0.433 e. The Kier molecular flexibility index (Phi) is 5.89. The first-order valence-corrected chi connectivity index (χ1v) is 7.83. The van der Waals surface area contributed by atoms with E-state index in [1.165, 1.54) is 6.07 Å². The standard InChI is InChI=1S/C17H19N3O5/c1-3-11(2)19-16(21)13-6-4-12(5-7-13)10-18-17(22)14-8-9-15(25-14)20(23)24/h4-9,11H,3,10H2,1-2H3,(H,18,22)(H,19,21)/t11-/m1/s1. The number of nitrogens with zero attached hydrogens (tertiary/aromatic N) is 1. The van der Waals surface area contributed by atoms with Crippen molar-refractivity contribution in [2.75, 3.05) is 0 Å². The zero-order valence-electron chi connectivity index (χ0n) is 13.9. The lowest BCUT2D eigenvalue weighted by atomic mass is 10.1. The zero-order chi connectivity index (χ0) is 18.4. The van der Waals surface area contributed by atoms with Gasteiger partial charge < -0.3 is 15.1 Å². The highest BCUT2D eigenvalue weighted by atomic mass is 16.6. The second-order valence-corrected chi connectivity index (χ2v) is 5.56. The fourth-order valence-corrected chi connectivity index (χ4v) is 2.00. The number of hydrogen-bond donors (Lipinski definition) is 2. The van der Waals surface area contributed by atoms with Crippen LogP contribution in [0.4, 0.5) is 5.88 Å². The molecule has 0 unspecified atom stereocenters. The van der Waals surface area contributed by atoms with Crippen molar-refractivity contribution in [3.63, 3.8) is 0 Å². The van der Waals surface area contributed by atoms with E-state index >= 15 is 0 Å². The molecule has 0 fully saturated rings. The van der Waals surface area contributed by atoms with E-state index in [0.717, 1.165) is 18.1 Å². The molecule has 0 spiro atoms. The third kappa shape index (κ3) is 4.90. The van der Waals surface area contributed by atoms with Gasteiger partial charge in [-0.1, -0.05) is 19.1 Å². The Morgan fingerprint density at radius 2 is 1.84 bits per heavy atom. The summed E-state index contributed by atoms with van der Waals surface area (Å²) >= 11 is 0. The van der Waals surface area contributed by atoms with E-state index in [-0.39, 0.29) is 24.3 Å². The average Bonchev–Trinajstić information content (AvgIpc) is 3.10. The molecule has 1 aromatic heterocycles.